The van der Waals surface area contributed by atoms with E-state index in [4.69, 9.17) is 9.47 Å². The number of rotatable bonds is 8. The first-order valence-corrected chi connectivity index (χ1v) is 8.43. The Balaban J connectivity index is 1.76. The standard InChI is InChI=1S/C21H23NO4/c1-16(21(24)22-14-13-17-7-4-3-5-8-17)26-20(23)12-11-18-9-6-10-19(15-18)25-2/h3-12,15-16H,13-14H2,1-2H3,(H,22,24)/b12-11+. The molecule has 5 nitrogen and oxygen atoms in total. The van der Waals surface area contributed by atoms with Crippen molar-refractivity contribution >= 4 is 18.0 Å². The lowest BCUT2D eigenvalue weighted by Crippen LogP contribution is -2.36. The first kappa shape index (κ1) is 19.2. The molecule has 136 valence electrons. The van der Waals surface area contributed by atoms with Crippen LogP contribution in [0.5, 0.6) is 5.75 Å². The van der Waals surface area contributed by atoms with E-state index in [0.717, 1.165) is 17.5 Å². The van der Waals surface area contributed by atoms with Crippen LogP contribution in [0, 0.1) is 0 Å². The summed E-state index contributed by atoms with van der Waals surface area (Å²) in [4.78, 5) is 23.9. The molecule has 0 aliphatic heterocycles. The maximum Gasteiger partial charge on any atom is 0.331 e. The number of amides is 1. The van der Waals surface area contributed by atoms with Crippen LogP contribution in [-0.2, 0) is 20.7 Å². The van der Waals surface area contributed by atoms with Crippen molar-refractivity contribution in [2.75, 3.05) is 13.7 Å². The number of hydrogen-bond donors (Lipinski definition) is 1. The van der Waals surface area contributed by atoms with Gasteiger partial charge in [-0.3, -0.25) is 4.79 Å². The van der Waals surface area contributed by atoms with E-state index in [1.54, 1.807) is 26.2 Å². The highest BCUT2D eigenvalue weighted by atomic mass is 16.5. The van der Waals surface area contributed by atoms with Crippen LogP contribution in [0.3, 0.4) is 0 Å². The van der Waals surface area contributed by atoms with Crippen LogP contribution in [0.2, 0.25) is 0 Å². The van der Waals surface area contributed by atoms with Gasteiger partial charge in [0.15, 0.2) is 6.10 Å². The van der Waals surface area contributed by atoms with Gasteiger partial charge in [0.05, 0.1) is 7.11 Å². The van der Waals surface area contributed by atoms with Crippen LogP contribution in [0.1, 0.15) is 18.1 Å². The second-order valence-corrected chi connectivity index (χ2v) is 5.72. The summed E-state index contributed by atoms with van der Waals surface area (Å²) in [6.07, 6.45) is 2.78. The van der Waals surface area contributed by atoms with Crippen LogP contribution in [0.4, 0.5) is 0 Å². The molecule has 0 saturated carbocycles. The number of carbonyl (C=O) groups excluding carboxylic acids is 2. The van der Waals surface area contributed by atoms with E-state index in [1.807, 2.05) is 48.5 Å². The molecule has 0 spiro atoms. The molecule has 0 aliphatic rings. The molecule has 0 bridgehead atoms. The Labute approximate surface area is 153 Å². The molecule has 1 unspecified atom stereocenters. The first-order chi connectivity index (χ1) is 12.6. The predicted molar refractivity (Wildman–Crippen MR) is 101 cm³/mol. The second kappa shape index (κ2) is 10.0. The number of nitrogens with one attached hydrogen (secondary N) is 1. The van der Waals surface area contributed by atoms with Crippen LogP contribution in [-0.4, -0.2) is 31.6 Å². The van der Waals surface area contributed by atoms with Crippen molar-refractivity contribution in [3.63, 3.8) is 0 Å². The summed E-state index contributed by atoms with van der Waals surface area (Å²) in [5.74, 6) is -0.186. The Kier molecular flexibility index (Phi) is 7.43. The zero-order valence-corrected chi connectivity index (χ0v) is 15.0. The Bertz CT molecular complexity index is 756. The predicted octanol–water partition coefficient (Wildman–Crippen LogP) is 3.00. The summed E-state index contributed by atoms with van der Waals surface area (Å²) in [7, 11) is 1.58. The van der Waals surface area contributed by atoms with Gasteiger partial charge in [-0.1, -0.05) is 42.5 Å². The molecule has 0 fully saturated rings. The summed E-state index contributed by atoms with van der Waals surface area (Å²) >= 11 is 0. The molecular weight excluding hydrogens is 330 g/mol. The highest BCUT2D eigenvalue weighted by Gasteiger charge is 2.15. The monoisotopic (exact) mass is 353 g/mol. The summed E-state index contributed by atoms with van der Waals surface area (Å²) < 4.78 is 10.2. The number of benzene rings is 2. The Morgan fingerprint density at radius 2 is 1.88 bits per heavy atom. The van der Waals surface area contributed by atoms with E-state index in [1.165, 1.54) is 6.08 Å². The minimum absolute atomic E-state index is 0.316. The topological polar surface area (TPSA) is 64.6 Å². The molecule has 0 saturated heterocycles. The van der Waals surface area contributed by atoms with Gasteiger partial charge in [0.2, 0.25) is 0 Å². The van der Waals surface area contributed by atoms with Crippen LogP contribution in [0.25, 0.3) is 6.08 Å². The second-order valence-electron chi connectivity index (χ2n) is 5.72. The average molecular weight is 353 g/mol. The van der Waals surface area contributed by atoms with Crippen molar-refractivity contribution in [1.82, 2.24) is 5.32 Å². The van der Waals surface area contributed by atoms with Gasteiger partial charge in [0.25, 0.3) is 5.91 Å². The summed E-state index contributed by atoms with van der Waals surface area (Å²) in [5, 5.41) is 2.77. The van der Waals surface area contributed by atoms with Gasteiger partial charge >= 0.3 is 5.97 Å². The van der Waals surface area contributed by atoms with Crippen molar-refractivity contribution in [2.24, 2.45) is 0 Å². The average Bonchev–Trinajstić information content (AvgIpc) is 2.67. The molecule has 1 atom stereocenters. The normalized spacial score (nSPS) is 11.8. The van der Waals surface area contributed by atoms with Crippen LogP contribution in [0.15, 0.2) is 60.7 Å². The Morgan fingerprint density at radius 1 is 1.12 bits per heavy atom. The summed E-state index contributed by atoms with van der Waals surface area (Å²) in [6, 6.07) is 17.1. The molecule has 0 aliphatic carbocycles. The lowest BCUT2D eigenvalue weighted by Gasteiger charge is -2.12. The molecule has 1 amide bonds. The number of ether oxygens (including phenoxy) is 2. The number of hydrogen-bond acceptors (Lipinski definition) is 4. The molecule has 0 radical (unpaired) electrons. The molecule has 0 heterocycles. The van der Waals surface area contributed by atoms with Crippen molar-refractivity contribution in [2.45, 2.75) is 19.4 Å². The third kappa shape index (κ3) is 6.43. The third-order valence-corrected chi connectivity index (χ3v) is 3.72. The van der Waals surface area contributed by atoms with Crippen molar-refractivity contribution < 1.29 is 19.1 Å². The molecule has 26 heavy (non-hydrogen) atoms. The molecule has 2 aromatic rings. The van der Waals surface area contributed by atoms with Gasteiger partial charge in [-0.05, 0) is 42.7 Å². The molecule has 2 rings (SSSR count). The van der Waals surface area contributed by atoms with E-state index >= 15 is 0 Å². The van der Waals surface area contributed by atoms with Crippen molar-refractivity contribution in [1.29, 1.82) is 0 Å². The third-order valence-electron chi connectivity index (χ3n) is 3.72. The molecule has 0 aromatic heterocycles. The largest absolute Gasteiger partial charge is 0.497 e. The van der Waals surface area contributed by atoms with Crippen LogP contribution >= 0.6 is 0 Å². The van der Waals surface area contributed by atoms with Gasteiger partial charge in [0.1, 0.15) is 5.75 Å². The van der Waals surface area contributed by atoms with Gasteiger partial charge < -0.3 is 14.8 Å². The number of carbonyl (C=O) groups is 2. The fraction of sp³-hybridized carbons (Fsp3) is 0.238. The van der Waals surface area contributed by atoms with Gasteiger partial charge in [-0.2, -0.15) is 0 Å². The van der Waals surface area contributed by atoms with E-state index in [9.17, 15) is 9.59 Å². The van der Waals surface area contributed by atoms with E-state index in [-0.39, 0.29) is 5.91 Å². The highest BCUT2D eigenvalue weighted by molar-refractivity contribution is 5.90. The lowest BCUT2D eigenvalue weighted by molar-refractivity contribution is -0.150. The quantitative estimate of drug-likeness (QED) is 0.585. The number of esters is 1. The fourth-order valence-corrected chi connectivity index (χ4v) is 2.29. The number of methoxy groups -OCH3 is 1. The van der Waals surface area contributed by atoms with E-state index in [0.29, 0.717) is 12.3 Å². The Morgan fingerprint density at radius 3 is 2.62 bits per heavy atom. The summed E-state index contributed by atoms with van der Waals surface area (Å²) in [5.41, 5.74) is 1.94. The van der Waals surface area contributed by atoms with Gasteiger partial charge in [-0.25, -0.2) is 4.79 Å². The summed E-state index contributed by atoms with van der Waals surface area (Å²) in [6.45, 7) is 2.04. The van der Waals surface area contributed by atoms with Crippen molar-refractivity contribution in [3.8, 4) is 5.75 Å². The minimum atomic E-state index is -0.853. The maximum absolute atomic E-state index is 12.0. The van der Waals surface area contributed by atoms with E-state index in [2.05, 4.69) is 5.32 Å². The maximum atomic E-state index is 12.0. The van der Waals surface area contributed by atoms with Gasteiger partial charge in [-0.15, -0.1) is 0 Å². The zero-order valence-electron chi connectivity index (χ0n) is 15.0. The SMILES string of the molecule is COc1cccc(/C=C/C(=O)OC(C)C(=O)NCCc2ccccc2)c1. The van der Waals surface area contributed by atoms with Crippen molar-refractivity contribution in [3.05, 3.63) is 71.8 Å². The van der Waals surface area contributed by atoms with Gasteiger partial charge in [0, 0.05) is 12.6 Å². The zero-order chi connectivity index (χ0) is 18.8. The fourth-order valence-electron chi connectivity index (χ4n) is 2.29. The first-order valence-electron chi connectivity index (χ1n) is 8.43. The highest BCUT2D eigenvalue weighted by Crippen LogP contribution is 2.13. The smallest absolute Gasteiger partial charge is 0.331 e. The molecule has 2 aromatic carbocycles. The van der Waals surface area contributed by atoms with E-state index < -0.39 is 12.1 Å². The molecular formula is C21H23NO4. The molecule has 1 N–H and O–H groups in total. The Hall–Kier alpha value is -3.08. The molecule has 5 heteroatoms. The minimum Gasteiger partial charge on any atom is -0.497 e. The lowest BCUT2D eigenvalue weighted by atomic mass is 10.1. The van der Waals surface area contributed by atoms with Crippen LogP contribution < -0.4 is 10.1 Å².